The van der Waals surface area contributed by atoms with Crippen LogP contribution in [-0.2, 0) is 4.74 Å². The Morgan fingerprint density at radius 1 is 1.27 bits per heavy atom. The Morgan fingerprint density at radius 2 is 1.91 bits per heavy atom. The first-order valence-electron chi connectivity index (χ1n) is 4.50. The van der Waals surface area contributed by atoms with E-state index < -0.39 is 0 Å². The van der Waals surface area contributed by atoms with Crippen molar-refractivity contribution in [3.05, 3.63) is 0 Å². The van der Waals surface area contributed by atoms with Crippen LogP contribution in [0.3, 0.4) is 0 Å². The Hall–Kier alpha value is -0.0800. The maximum atomic E-state index is 9.01. The van der Waals surface area contributed by atoms with Gasteiger partial charge in [0.25, 0.3) is 0 Å². The van der Waals surface area contributed by atoms with E-state index >= 15 is 0 Å². The molecular weight excluding hydrogens is 140 g/mol. The first-order chi connectivity index (χ1) is 5.20. The number of hydrogen-bond acceptors (Lipinski definition) is 2. The highest BCUT2D eigenvalue weighted by atomic mass is 16.5. The minimum atomic E-state index is -0.190. The van der Waals surface area contributed by atoms with Crippen LogP contribution in [0.2, 0.25) is 0 Å². The summed E-state index contributed by atoms with van der Waals surface area (Å²) < 4.78 is 5.43. The first kappa shape index (κ1) is 10.9. The van der Waals surface area contributed by atoms with Gasteiger partial charge in [-0.15, -0.1) is 0 Å². The van der Waals surface area contributed by atoms with E-state index in [4.69, 9.17) is 9.84 Å². The zero-order chi connectivity index (χ0) is 8.69. The number of rotatable bonds is 6. The average molecular weight is 160 g/mol. The standard InChI is InChI=1S/C9H20O2/c1-4-9(11-5-2)7-6-8(3)10/h8-10H,4-7H2,1-3H3. The van der Waals surface area contributed by atoms with Crippen LogP contribution < -0.4 is 0 Å². The van der Waals surface area contributed by atoms with Gasteiger partial charge in [0.05, 0.1) is 12.2 Å². The van der Waals surface area contributed by atoms with Crippen molar-refractivity contribution in [3.8, 4) is 0 Å². The summed E-state index contributed by atoms with van der Waals surface area (Å²) in [6.45, 7) is 6.71. The third kappa shape index (κ3) is 6.32. The van der Waals surface area contributed by atoms with Crippen molar-refractivity contribution < 1.29 is 9.84 Å². The zero-order valence-corrected chi connectivity index (χ0v) is 7.84. The van der Waals surface area contributed by atoms with Crippen molar-refractivity contribution >= 4 is 0 Å². The lowest BCUT2D eigenvalue weighted by Crippen LogP contribution is -2.14. The lowest BCUT2D eigenvalue weighted by atomic mass is 10.1. The van der Waals surface area contributed by atoms with E-state index in [2.05, 4.69) is 6.92 Å². The van der Waals surface area contributed by atoms with Crippen LogP contribution in [0.4, 0.5) is 0 Å². The van der Waals surface area contributed by atoms with Crippen LogP contribution in [-0.4, -0.2) is 23.9 Å². The van der Waals surface area contributed by atoms with Gasteiger partial charge in [-0.1, -0.05) is 6.92 Å². The fourth-order valence-corrected chi connectivity index (χ4v) is 1.07. The van der Waals surface area contributed by atoms with E-state index in [1.807, 2.05) is 13.8 Å². The highest BCUT2D eigenvalue weighted by Gasteiger charge is 2.06. The molecule has 0 aromatic carbocycles. The molecule has 0 amide bonds. The van der Waals surface area contributed by atoms with Crippen molar-refractivity contribution in [2.24, 2.45) is 0 Å². The second kappa shape index (κ2) is 6.62. The maximum Gasteiger partial charge on any atom is 0.0573 e. The average Bonchev–Trinajstić information content (AvgIpc) is 1.97. The molecule has 0 saturated heterocycles. The summed E-state index contributed by atoms with van der Waals surface area (Å²) in [5.41, 5.74) is 0. The highest BCUT2D eigenvalue weighted by molar-refractivity contribution is 4.57. The molecule has 0 radical (unpaired) electrons. The largest absolute Gasteiger partial charge is 0.393 e. The predicted molar refractivity (Wildman–Crippen MR) is 46.6 cm³/mol. The van der Waals surface area contributed by atoms with Gasteiger partial charge in [0.15, 0.2) is 0 Å². The van der Waals surface area contributed by atoms with Gasteiger partial charge < -0.3 is 9.84 Å². The second-order valence-corrected chi connectivity index (χ2v) is 2.91. The molecule has 0 aliphatic rings. The molecule has 0 aromatic heterocycles. The van der Waals surface area contributed by atoms with Crippen LogP contribution in [0.25, 0.3) is 0 Å². The summed E-state index contributed by atoms with van der Waals surface area (Å²) in [5.74, 6) is 0. The minimum absolute atomic E-state index is 0.190. The smallest absolute Gasteiger partial charge is 0.0573 e. The molecule has 1 N–H and O–H groups in total. The summed E-state index contributed by atoms with van der Waals surface area (Å²) >= 11 is 0. The summed E-state index contributed by atoms with van der Waals surface area (Å²) in [6.07, 6.45) is 3.01. The molecule has 2 heteroatoms. The Bertz CT molecular complexity index is 81.6. The van der Waals surface area contributed by atoms with Crippen LogP contribution >= 0.6 is 0 Å². The van der Waals surface area contributed by atoms with E-state index in [1.54, 1.807) is 0 Å². The fourth-order valence-electron chi connectivity index (χ4n) is 1.07. The van der Waals surface area contributed by atoms with Gasteiger partial charge in [-0.3, -0.25) is 0 Å². The molecule has 0 fully saturated rings. The van der Waals surface area contributed by atoms with Crippen molar-refractivity contribution in [3.63, 3.8) is 0 Å². The monoisotopic (exact) mass is 160 g/mol. The van der Waals surface area contributed by atoms with Crippen LogP contribution in [0, 0.1) is 0 Å². The normalized spacial score (nSPS) is 16.4. The molecule has 2 nitrogen and oxygen atoms in total. The summed E-state index contributed by atoms with van der Waals surface area (Å²) in [6, 6.07) is 0. The van der Waals surface area contributed by atoms with Crippen molar-refractivity contribution in [1.82, 2.24) is 0 Å². The molecule has 0 spiro atoms. The molecule has 0 rings (SSSR count). The van der Waals surface area contributed by atoms with Crippen molar-refractivity contribution in [2.45, 2.75) is 52.2 Å². The highest BCUT2D eigenvalue weighted by Crippen LogP contribution is 2.08. The van der Waals surface area contributed by atoms with Crippen LogP contribution in [0.5, 0.6) is 0 Å². The van der Waals surface area contributed by atoms with Gasteiger partial charge in [-0.2, -0.15) is 0 Å². The lowest BCUT2D eigenvalue weighted by molar-refractivity contribution is 0.0424. The molecule has 2 atom stereocenters. The van der Waals surface area contributed by atoms with Gasteiger partial charge in [0.1, 0.15) is 0 Å². The maximum absolute atomic E-state index is 9.01. The van der Waals surface area contributed by atoms with E-state index in [-0.39, 0.29) is 6.10 Å². The molecule has 0 bridgehead atoms. The fraction of sp³-hybridized carbons (Fsp3) is 1.00. The Labute approximate surface area is 69.6 Å². The van der Waals surface area contributed by atoms with Gasteiger partial charge in [0.2, 0.25) is 0 Å². The Balaban J connectivity index is 3.35. The predicted octanol–water partition coefficient (Wildman–Crippen LogP) is 1.96. The molecule has 68 valence electrons. The second-order valence-electron chi connectivity index (χ2n) is 2.91. The molecule has 0 aliphatic heterocycles. The van der Waals surface area contributed by atoms with Gasteiger partial charge in [0, 0.05) is 6.61 Å². The van der Waals surface area contributed by atoms with E-state index in [9.17, 15) is 0 Å². The third-order valence-electron chi connectivity index (χ3n) is 1.76. The third-order valence-corrected chi connectivity index (χ3v) is 1.76. The summed E-state index contributed by atoms with van der Waals surface area (Å²) in [7, 11) is 0. The summed E-state index contributed by atoms with van der Waals surface area (Å²) in [5, 5.41) is 9.01. The zero-order valence-electron chi connectivity index (χ0n) is 7.84. The molecular formula is C9H20O2. The molecule has 0 aromatic rings. The molecule has 0 aliphatic carbocycles. The molecule has 0 saturated carbocycles. The number of aliphatic hydroxyl groups is 1. The lowest BCUT2D eigenvalue weighted by Gasteiger charge is -2.15. The number of ether oxygens (including phenoxy) is 1. The summed E-state index contributed by atoms with van der Waals surface area (Å²) in [4.78, 5) is 0. The van der Waals surface area contributed by atoms with E-state index in [0.29, 0.717) is 6.10 Å². The van der Waals surface area contributed by atoms with Gasteiger partial charge >= 0.3 is 0 Å². The van der Waals surface area contributed by atoms with E-state index in [1.165, 1.54) is 0 Å². The molecule has 11 heavy (non-hydrogen) atoms. The van der Waals surface area contributed by atoms with Crippen LogP contribution in [0.1, 0.15) is 40.0 Å². The van der Waals surface area contributed by atoms with E-state index in [0.717, 1.165) is 25.9 Å². The van der Waals surface area contributed by atoms with Gasteiger partial charge in [-0.05, 0) is 33.1 Å². The SMILES string of the molecule is CCOC(CC)CCC(C)O. The Morgan fingerprint density at radius 3 is 2.27 bits per heavy atom. The quantitative estimate of drug-likeness (QED) is 0.643. The topological polar surface area (TPSA) is 29.5 Å². The van der Waals surface area contributed by atoms with Crippen molar-refractivity contribution in [1.29, 1.82) is 0 Å². The first-order valence-corrected chi connectivity index (χ1v) is 4.50. The Kier molecular flexibility index (Phi) is 6.57. The van der Waals surface area contributed by atoms with Crippen LogP contribution in [0.15, 0.2) is 0 Å². The minimum Gasteiger partial charge on any atom is -0.393 e. The number of hydrogen-bond donors (Lipinski definition) is 1. The van der Waals surface area contributed by atoms with Crippen molar-refractivity contribution in [2.75, 3.05) is 6.61 Å². The molecule has 2 unspecified atom stereocenters. The molecule has 0 heterocycles. The van der Waals surface area contributed by atoms with Gasteiger partial charge in [-0.25, -0.2) is 0 Å². The number of aliphatic hydroxyl groups excluding tert-OH is 1.